The molecule has 0 saturated heterocycles. The minimum atomic E-state index is -0.336. The number of anilines is 1. The van der Waals surface area contributed by atoms with Crippen LogP contribution in [0.15, 0.2) is 41.1 Å². The van der Waals surface area contributed by atoms with Crippen molar-refractivity contribution in [3.05, 3.63) is 48.0 Å². The van der Waals surface area contributed by atoms with Crippen molar-refractivity contribution >= 4 is 11.6 Å². The number of carbonyl (C=O) groups excluding carboxylic acids is 1. The molecule has 8 nitrogen and oxygen atoms in total. The van der Waals surface area contributed by atoms with Crippen molar-refractivity contribution in [1.82, 2.24) is 14.9 Å². The van der Waals surface area contributed by atoms with Crippen molar-refractivity contribution in [2.75, 3.05) is 18.5 Å². The lowest BCUT2D eigenvalue weighted by Gasteiger charge is -2.13. The first-order valence-corrected chi connectivity index (χ1v) is 8.73. The minimum absolute atomic E-state index is 0.162. The third kappa shape index (κ3) is 4.17. The average Bonchev–Trinajstić information content (AvgIpc) is 3.29. The van der Waals surface area contributed by atoms with E-state index < -0.39 is 0 Å². The van der Waals surface area contributed by atoms with Crippen molar-refractivity contribution in [1.29, 1.82) is 0 Å². The normalized spacial score (nSPS) is 11.0. The number of nitrogens with one attached hydrogen (secondary N) is 1. The summed E-state index contributed by atoms with van der Waals surface area (Å²) in [6, 6.07) is 8.94. The molecule has 3 rings (SSSR count). The number of rotatable bonds is 7. The molecule has 0 spiro atoms. The van der Waals surface area contributed by atoms with Crippen molar-refractivity contribution in [2.24, 2.45) is 12.8 Å². The van der Waals surface area contributed by atoms with Crippen LogP contribution in [0.25, 0.3) is 11.3 Å². The Morgan fingerprint density at radius 1 is 1.33 bits per heavy atom. The molecule has 27 heavy (non-hydrogen) atoms. The van der Waals surface area contributed by atoms with E-state index in [1.165, 1.54) is 0 Å². The molecule has 0 atom stereocenters. The van der Waals surface area contributed by atoms with Gasteiger partial charge in [0.2, 0.25) is 0 Å². The van der Waals surface area contributed by atoms with Crippen LogP contribution in [-0.2, 0) is 7.05 Å². The van der Waals surface area contributed by atoms with Gasteiger partial charge >= 0.3 is 0 Å². The van der Waals surface area contributed by atoms with Gasteiger partial charge in [0.1, 0.15) is 18.1 Å². The second kappa shape index (κ2) is 8.05. The van der Waals surface area contributed by atoms with Crippen molar-refractivity contribution in [2.45, 2.75) is 19.8 Å². The van der Waals surface area contributed by atoms with Crippen LogP contribution in [0, 0.1) is 0 Å². The summed E-state index contributed by atoms with van der Waals surface area (Å²) in [6.07, 6.45) is 1.70. The Morgan fingerprint density at radius 2 is 2.15 bits per heavy atom. The summed E-state index contributed by atoms with van der Waals surface area (Å²) >= 11 is 0. The molecule has 142 valence electrons. The number of nitrogens with two attached hydrogens (primary N) is 1. The quantitative estimate of drug-likeness (QED) is 0.663. The van der Waals surface area contributed by atoms with Crippen LogP contribution in [0.4, 0.5) is 5.69 Å². The zero-order valence-corrected chi connectivity index (χ0v) is 15.6. The van der Waals surface area contributed by atoms with Gasteiger partial charge in [-0.3, -0.25) is 9.48 Å². The Kier molecular flexibility index (Phi) is 5.56. The van der Waals surface area contributed by atoms with E-state index in [-0.39, 0.29) is 17.5 Å². The van der Waals surface area contributed by atoms with Gasteiger partial charge in [0.05, 0.1) is 5.69 Å². The number of ether oxygens (including phenoxy) is 1. The molecule has 2 heterocycles. The lowest BCUT2D eigenvalue weighted by molar-refractivity contribution is 0.101. The second-order valence-electron chi connectivity index (χ2n) is 6.41. The lowest BCUT2D eigenvalue weighted by Crippen LogP contribution is -2.13. The Labute approximate surface area is 157 Å². The SMILES string of the molecule is CC(C)c1cc(C(=O)Nc2ccc(OCCN)c(-c3ccnn3C)c2)no1. The molecule has 1 aromatic carbocycles. The zero-order chi connectivity index (χ0) is 19.4. The molecule has 1 amide bonds. The number of aromatic nitrogens is 3. The Balaban J connectivity index is 1.87. The summed E-state index contributed by atoms with van der Waals surface area (Å²) in [7, 11) is 1.84. The van der Waals surface area contributed by atoms with Gasteiger partial charge in [0.15, 0.2) is 5.69 Å². The van der Waals surface area contributed by atoms with Gasteiger partial charge < -0.3 is 20.3 Å². The summed E-state index contributed by atoms with van der Waals surface area (Å²) < 4.78 is 12.7. The fourth-order valence-electron chi connectivity index (χ4n) is 2.60. The number of nitrogens with zero attached hydrogens (tertiary/aromatic N) is 3. The molecule has 3 aromatic rings. The molecule has 8 heteroatoms. The van der Waals surface area contributed by atoms with Crippen LogP contribution in [0.2, 0.25) is 0 Å². The van der Waals surface area contributed by atoms with Gasteiger partial charge in [-0.25, -0.2) is 0 Å². The van der Waals surface area contributed by atoms with Gasteiger partial charge in [-0.15, -0.1) is 0 Å². The summed E-state index contributed by atoms with van der Waals surface area (Å²) in [5.74, 6) is 1.17. The van der Waals surface area contributed by atoms with E-state index in [1.54, 1.807) is 29.1 Å². The van der Waals surface area contributed by atoms with Gasteiger partial charge in [0.25, 0.3) is 5.91 Å². The van der Waals surface area contributed by atoms with Crippen LogP contribution in [-0.4, -0.2) is 34.0 Å². The highest BCUT2D eigenvalue weighted by Crippen LogP contribution is 2.32. The minimum Gasteiger partial charge on any atom is -0.492 e. The number of aryl methyl sites for hydroxylation is 1. The van der Waals surface area contributed by atoms with Crippen molar-refractivity contribution < 1.29 is 14.1 Å². The molecule has 0 fully saturated rings. The number of hydrogen-bond acceptors (Lipinski definition) is 6. The Morgan fingerprint density at radius 3 is 2.78 bits per heavy atom. The molecule has 3 N–H and O–H groups in total. The maximum absolute atomic E-state index is 12.5. The van der Waals surface area contributed by atoms with Gasteiger partial charge in [-0.05, 0) is 24.3 Å². The zero-order valence-electron chi connectivity index (χ0n) is 15.6. The summed E-state index contributed by atoms with van der Waals surface area (Å²) in [6.45, 7) is 4.76. The smallest absolute Gasteiger partial charge is 0.277 e. The summed E-state index contributed by atoms with van der Waals surface area (Å²) in [4.78, 5) is 12.5. The number of hydrogen-bond donors (Lipinski definition) is 2. The maximum Gasteiger partial charge on any atom is 0.277 e. The highest BCUT2D eigenvalue weighted by molar-refractivity contribution is 6.03. The molecule has 2 aromatic heterocycles. The van der Waals surface area contributed by atoms with E-state index >= 15 is 0 Å². The van der Waals surface area contributed by atoms with Crippen LogP contribution >= 0.6 is 0 Å². The molecule has 0 saturated carbocycles. The highest BCUT2D eigenvalue weighted by Gasteiger charge is 2.16. The first-order chi connectivity index (χ1) is 13.0. The molecule has 0 radical (unpaired) electrons. The van der Waals surface area contributed by atoms with Gasteiger partial charge in [-0.1, -0.05) is 19.0 Å². The number of benzene rings is 1. The molecule has 0 aliphatic rings. The fraction of sp³-hybridized carbons (Fsp3) is 0.316. The van der Waals surface area contributed by atoms with E-state index in [2.05, 4.69) is 15.6 Å². The third-order valence-corrected chi connectivity index (χ3v) is 4.04. The molecule has 0 aliphatic carbocycles. The first kappa shape index (κ1) is 18.7. The molecular formula is C19H23N5O3. The predicted molar refractivity (Wildman–Crippen MR) is 102 cm³/mol. The number of amides is 1. The second-order valence-corrected chi connectivity index (χ2v) is 6.41. The van der Waals surface area contributed by atoms with Gasteiger partial charge in [0, 0.05) is 43.0 Å². The van der Waals surface area contributed by atoms with Crippen molar-refractivity contribution in [3.63, 3.8) is 0 Å². The monoisotopic (exact) mass is 369 g/mol. The van der Waals surface area contributed by atoms with E-state index in [0.29, 0.717) is 30.3 Å². The van der Waals surface area contributed by atoms with Crippen LogP contribution < -0.4 is 15.8 Å². The van der Waals surface area contributed by atoms with E-state index in [0.717, 1.165) is 11.3 Å². The van der Waals surface area contributed by atoms with Gasteiger partial charge in [-0.2, -0.15) is 5.10 Å². The van der Waals surface area contributed by atoms with E-state index in [4.69, 9.17) is 15.0 Å². The molecular weight excluding hydrogens is 346 g/mol. The first-order valence-electron chi connectivity index (χ1n) is 8.73. The van der Waals surface area contributed by atoms with Crippen LogP contribution in [0.5, 0.6) is 5.75 Å². The number of carbonyl (C=O) groups is 1. The largest absolute Gasteiger partial charge is 0.492 e. The summed E-state index contributed by atoms with van der Waals surface area (Å²) in [5, 5.41) is 10.9. The Hall–Kier alpha value is -3.13. The average molecular weight is 369 g/mol. The standard InChI is InChI=1S/C19H23N5O3/c1-12(2)18-11-15(23-27-18)19(25)22-13-4-5-17(26-9-7-20)14(10-13)16-6-8-21-24(16)3/h4-6,8,10-12H,7,9,20H2,1-3H3,(H,22,25). The molecule has 0 bridgehead atoms. The molecule has 0 unspecified atom stereocenters. The fourth-order valence-corrected chi connectivity index (χ4v) is 2.60. The predicted octanol–water partition coefficient (Wildman–Crippen LogP) is 2.79. The lowest BCUT2D eigenvalue weighted by atomic mass is 10.1. The summed E-state index contributed by atoms with van der Waals surface area (Å²) in [5.41, 5.74) is 8.07. The molecule has 0 aliphatic heterocycles. The van der Waals surface area contributed by atoms with E-state index in [9.17, 15) is 4.79 Å². The Bertz CT molecular complexity index is 929. The van der Waals surface area contributed by atoms with Crippen LogP contribution in [0.3, 0.4) is 0 Å². The van der Waals surface area contributed by atoms with Crippen LogP contribution in [0.1, 0.15) is 36.0 Å². The van der Waals surface area contributed by atoms with E-state index in [1.807, 2.05) is 33.0 Å². The van der Waals surface area contributed by atoms with Crippen molar-refractivity contribution in [3.8, 4) is 17.0 Å². The third-order valence-electron chi connectivity index (χ3n) is 4.04. The highest BCUT2D eigenvalue weighted by atomic mass is 16.5. The maximum atomic E-state index is 12.5. The topological polar surface area (TPSA) is 108 Å².